The molecule has 0 aliphatic rings. The van der Waals surface area contributed by atoms with Gasteiger partial charge >= 0.3 is 0 Å². The summed E-state index contributed by atoms with van der Waals surface area (Å²) in [6, 6.07) is 0. The number of rotatable bonds is 18. The molecular formula is C18H40S11. The second-order valence-electron chi connectivity index (χ2n) is 5.97. The maximum absolute atomic E-state index is 4.41. The third-order valence-electron chi connectivity index (χ3n) is 3.27. The van der Waals surface area contributed by atoms with Crippen molar-refractivity contribution in [1.29, 1.82) is 0 Å². The molecule has 0 aliphatic carbocycles. The Morgan fingerprint density at radius 1 is 0.655 bits per heavy atom. The molecule has 0 aromatic rings. The molecule has 0 N–H and O–H groups in total. The lowest BCUT2D eigenvalue weighted by Crippen LogP contribution is -2.12. The van der Waals surface area contributed by atoms with Gasteiger partial charge in [0.1, 0.15) is 0 Å². The van der Waals surface area contributed by atoms with Gasteiger partial charge in [0.2, 0.25) is 0 Å². The van der Waals surface area contributed by atoms with E-state index in [9.17, 15) is 0 Å². The van der Waals surface area contributed by atoms with Crippen LogP contribution in [0.3, 0.4) is 0 Å². The third kappa shape index (κ3) is 24.8. The van der Waals surface area contributed by atoms with E-state index in [1.165, 1.54) is 34.5 Å². The molecule has 5 atom stereocenters. The van der Waals surface area contributed by atoms with Crippen LogP contribution in [0.1, 0.15) is 20.8 Å². The van der Waals surface area contributed by atoms with Crippen molar-refractivity contribution in [3.8, 4) is 0 Å². The lowest BCUT2D eigenvalue weighted by molar-refractivity contribution is 1.08. The van der Waals surface area contributed by atoms with E-state index in [2.05, 4.69) is 113 Å². The summed E-state index contributed by atoms with van der Waals surface area (Å²) in [7, 11) is 0. The van der Waals surface area contributed by atoms with E-state index < -0.39 is 0 Å². The molecule has 0 bridgehead atoms. The first-order valence-electron chi connectivity index (χ1n) is 9.73. The minimum absolute atomic E-state index is 0.299. The lowest BCUT2D eigenvalue weighted by atomic mass is 10.5. The zero-order valence-corrected chi connectivity index (χ0v) is 27.1. The Morgan fingerprint density at radius 3 is 1.41 bits per heavy atom. The van der Waals surface area contributed by atoms with Crippen LogP contribution in [0.2, 0.25) is 0 Å². The maximum atomic E-state index is 4.41. The second-order valence-corrected chi connectivity index (χ2v) is 16.1. The molecule has 0 fully saturated rings. The molecule has 0 aliphatic heterocycles. The van der Waals surface area contributed by atoms with Gasteiger partial charge in [-0.05, 0) is 11.5 Å². The third-order valence-corrected chi connectivity index (χ3v) is 14.2. The molecule has 0 heterocycles. The lowest BCUT2D eigenvalue weighted by Gasteiger charge is -2.15. The molecule has 29 heavy (non-hydrogen) atoms. The number of hydrogen-bond acceptors (Lipinski definition) is 11. The van der Waals surface area contributed by atoms with Crippen molar-refractivity contribution in [1.82, 2.24) is 0 Å². The fourth-order valence-electron chi connectivity index (χ4n) is 1.73. The molecular weight excluding hydrogens is 569 g/mol. The van der Waals surface area contributed by atoms with Crippen molar-refractivity contribution in [2.24, 2.45) is 0 Å². The zero-order chi connectivity index (χ0) is 22.5. The Balaban J connectivity index is 0. The molecule has 0 spiro atoms. The van der Waals surface area contributed by atoms with Gasteiger partial charge in [-0.1, -0.05) is 20.8 Å². The van der Waals surface area contributed by atoms with Gasteiger partial charge in [-0.15, -0.1) is 11.8 Å². The van der Waals surface area contributed by atoms with Crippen molar-refractivity contribution in [3.63, 3.8) is 0 Å². The van der Waals surface area contributed by atoms with Crippen molar-refractivity contribution < 1.29 is 0 Å². The molecule has 0 amide bonds. The maximum Gasteiger partial charge on any atom is 0.0586 e. The fraction of sp³-hybridized carbons (Fsp3) is 1.00. The van der Waals surface area contributed by atoms with Gasteiger partial charge in [0.15, 0.2) is 0 Å². The summed E-state index contributed by atoms with van der Waals surface area (Å²) in [6.45, 7) is 6.50. The van der Waals surface area contributed by atoms with Crippen LogP contribution in [0.15, 0.2) is 0 Å². The van der Waals surface area contributed by atoms with E-state index in [4.69, 9.17) is 0 Å². The van der Waals surface area contributed by atoms with E-state index in [1.54, 1.807) is 11.8 Å². The van der Waals surface area contributed by atoms with Crippen molar-refractivity contribution >= 4 is 135 Å². The van der Waals surface area contributed by atoms with Crippen LogP contribution in [0.25, 0.3) is 0 Å². The molecule has 2 unspecified atom stereocenters. The predicted molar refractivity (Wildman–Crippen MR) is 177 cm³/mol. The van der Waals surface area contributed by atoms with Gasteiger partial charge in [-0.3, -0.25) is 0 Å². The molecule has 0 aromatic carbocycles. The normalized spacial score (nSPS) is 16.4. The molecule has 0 aromatic heterocycles. The summed E-state index contributed by atoms with van der Waals surface area (Å²) >= 11 is 35.9. The fourth-order valence-corrected chi connectivity index (χ4v) is 9.40. The Morgan fingerprint density at radius 2 is 1.10 bits per heavy atom. The van der Waals surface area contributed by atoms with E-state index in [-0.39, 0.29) is 0 Å². The standard InChI is InChI=1S/C12H26S6.C6H14S5/c1-3-17-11(7-13)9-15-5-6-16-10-12(8-14)18-4-2;1-4(8)6(10)11-3-5(9)2-7/h11-14H,3-10H2,1-2H3;4-10H,2-3H2,1H3/t11-,12+;4?,5-,6?/m.1/s1. The van der Waals surface area contributed by atoms with Crippen molar-refractivity contribution in [2.45, 2.75) is 46.4 Å². The Hall–Kier alpha value is 3.85. The van der Waals surface area contributed by atoms with Crippen molar-refractivity contribution in [3.05, 3.63) is 0 Å². The molecule has 0 rings (SSSR count). The first kappa shape index (κ1) is 35.0. The van der Waals surface area contributed by atoms with E-state index >= 15 is 0 Å². The number of thioether (sulfide) groups is 5. The summed E-state index contributed by atoms with van der Waals surface area (Å²) in [5.74, 6) is 11.3. The van der Waals surface area contributed by atoms with Crippen LogP contribution in [0, 0.1) is 0 Å². The Bertz CT molecular complexity index is 302. The highest BCUT2D eigenvalue weighted by Crippen LogP contribution is 2.24. The van der Waals surface area contributed by atoms with Crippen LogP contribution in [0.5, 0.6) is 0 Å². The van der Waals surface area contributed by atoms with Crippen LogP contribution in [0.4, 0.5) is 0 Å². The van der Waals surface area contributed by atoms with Gasteiger partial charge in [-0.25, -0.2) is 0 Å². The summed E-state index contributed by atoms with van der Waals surface area (Å²) in [6.07, 6.45) is 0. The average Bonchev–Trinajstić information content (AvgIpc) is 2.72. The Labute approximate surface area is 235 Å². The van der Waals surface area contributed by atoms with Gasteiger partial charge in [0.25, 0.3) is 0 Å². The van der Waals surface area contributed by atoms with Gasteiger partial charge in [0.05, 0.1) is 4.58 Å². The minimum atomic E-state index is 0.299. The number of thiol groups is 6. The molecule has 0 radical (unpaired) electrons. The van der Waals surface area contributed by atoms with Crippen molar-refractivity contribution in [2.75, 3.05) is 57.5 Å². The van der Waals surface area contributed by atoms with E-state index in [1.807, 2.05) is 30.4 Å². The highest BCUT2D eigenvalue weighted by Gasteiger charge is 2.11. The highest BCUT2D eigenvalue weighted by molar-refractivity contribution is 8.11. The molecule has 11 heteroatoms. The largest absolute Gasteiger partial charge is 0.178 e. The molecule has 0 saturated heterocycles. The van der Waals surface area contributed by atoms with Gasteiger partial charge in [-0.2, -0.15) is 123 Å². The van der Waals surface area contributed by atoms with Crippen LogP contribution in [-0.2, 0) is 0 Å². The summed E-state index contributed by atoms with van der Waals surface area (Å²) in [4.78, 5) is 0. The summed E-state index contributed by atoms with van der Waals surface area (Å²) in [5, 5.41) is 2.15. The second kappa shape index (κ2) is 26.5. The monoisotopic (exact) mass is 608 g/mol. The van der Waals surface area contributed by atoms with Crippen LogP contribution in [-0.4, -0.2) is 83.1 Å². The van der Waals surface area contributed by atoms with Crippen LogP contribution >= 0.6 is 135 Å². The van der Waals surface area contributed by atoms with Crippen LogP contribution < -0.4 is 0 Å². The highest BCUT2D eigenvalue weighted by atomic mass is 32.2. The topological polar surface area (TPSA) is 0 Å². The summed E-state index contributed by atoms with van der Waals surface area (Å²) in [5.41, 5.74) is 0. The van der Waals surface area contributed by atoms with E-state index in [0.29, 0.717) is 15.1 Å². The first-order chi connectivity index (χ1) is 13.9. The number of hydrogen-bond donors (Lipinski definition) is 6. The first-order valence-corrected chi connectivity index (χ1v) is 18.6. The zero-order valence-electron chi connectivity index (χ0n) is 17.7. The SMILES string of the molecule is CC(S)C(S)SC[C@H](S)CS.CCS[C@H](CS)CSCCSC[C@H](CS)SCC. The Kier molecular flexibility index (Phi) is 31.9. The molecule has 178 valence electrons. The average molecular weight is 609 g/mol. The smallest absolute Gasteiger partial charge is 0.0586 e. The molecule has 0 saturated carbocycles. The summed E-state index contributed by atoms with van der Waals surface area (Å²) < 4.78 is 0.299. The van der Waals surface area contributed by atoms with E-state index in [0.717, 1.165) is 33.5 Å². The minimum Gasteiger partial charge on any atom is -0.178 e. The predicted octanol–water partition coefficient (Wildman–Crippen LogP) is 7.08. The van der Waals surface area contributed by atoms with Gasteiger partial charge in [0, 0.05) is 67.0 Å². The van der Waals surface area contributed by atoms with Gasteiger partial charge < -0.3 is 0 Å². The quantitative estimate of drug-likeness (QED) is 0.0558. The molecule has 0 nitrogen and oxygen atoms in total.